The fourth-order valence-corrected chi connectivity index (χ4v) is 4.51. The molecule has 6 heteroatoms. The number of unbranched alkanes of at least 4 members (excludes halogenated alkanes) is 2. The van der Waals surface area contributed by atoms with Crippen LogP contribution in [0.5, 0.6) is 11.5 Å². The van der Waals surface area contributed by atoms with E-state index in [-0.39, 0.29) is 5.91 Å². The van der Waals surface area contributed by atoms with Crippen molar-refractivity contribution in [3.63, 3.8) is 0 Å². The van der Waals surface area contributed by atoms with Gasteiger partial charge in [0.05, 0.1) is 26.9 Å². The van der Waals surface area contributed by atoms with Crippen LogP contribution in [0, 0.1) is 0 Å². The SMILES string of the molecule is COc1ccc(C(OCCC(O)CCCCCNC(C)=O)(c2ccccc2)c2ccc(OC)cc2)cc1. The lowest BCUT2D eigenvalue weighted by atomic mass is 9.80. The minimum atomic E-state index is -0.877. The average molecular weight is 506 g/mol. The Morgan fingerprint density at radius 2 is 1.32 bits per heavy atom. The lowest BCUT2D eigenvalue weighted by Gasteiger charge is -2.36. The topological polar surface area (TPSA) is 77.0 Å². The molecular formula is C31H39NO5. The molecule has 0 aliphatic heterocycles. The van der Waals surface area contributed by atoms with Crippen LogP contribution in [-0.4, -0.2) is 44.5 Å². The molecule has 0 bridgehead atoms. The Kier molecular flexibility index (Phi) is 11.0. The van der Waals surface area contributed by atoms with Crippen molar-refractivity contribution in [2.75, 3.05) is 27.4 Å². The zero-order chi connectivity index (χ0) is 26.5. The van der Waals surface area contributed by atoms with E-state index in [9.17, 15) is 9.90 Å². The summed E-state index contributed by atoms with van der Waals surface area (Å²) in [5.74, 6) is 1.54. The number of carbonyl (C=O) groups excluding carboxylic acids is 1. The van der Waals surface area contributed by atoms with Crippen LogP contribution in [0.1, 0.15) is 55.7 Å². The Morgan fingerprint density at radius 1 is 0.784 bits per heavy atom. The van der Waals surface area contributed by atoms with Gasteiger partial charge in [-0.3, -0.25) is 4.79 Å². The average Bonchev–Trinajstić information content (AvgIpc) is 2.93. The van der Waals surface area contributed by atoms with E-state index in [1.807, 2.05) is 66.7 Å². The number of rotatable bonds is 15. The van der Waals surface area contributed by atoms with Crippen molar-refractivity contribution < 1.29 is 24.1 Å². The highest BCUT2D eigenvalue weighted by molar-refractivity contribution is 5.72. The van der Waals surface area contributed by atoms with Gasteiger partial charge in [0.15, 0.2) is 0 Å². The molecule has 2 N–H and O–H groups in total. The molecule has 198 valence electrons. The van der Waals surface area contributed by atoms with Gasteiger partial charge in [-0.25, -0.2) is 0 Å². The molecule has 0 saturated heterocycles. The maximum absolute atomic E-state index is 11.0. The Bertz CT molecular complexity index is 1020. The normalized spacial score (nSPS) is 12.1. The molecule has 0 aliphatic rings. The van der Waals surface area contributed by atoms with Crippen molar-refractivity contribution in [3.05, 3.63) is 95.6 Å². The summed E-state index contributed by atoms with van der Waals surface area (Å²) in [7, 11) is 3.31. The van der Waals surface area contributed by atoms with Crippen LogP contribution in [0.15, 0.2) is 78.9 Å². The highest BCUT2D eigenvalue weighted by atomic mass is 16.5. The van der Waals surface area contributed by atoms with E-state index in [0.717, 1.165) is 47.5 Å². The van der Waals surface area contributed by atoms with E-state index in [4.69, 9.17) is 14.2 Å². The first-order valence-corrected chi connectivity index (χ1v) is 12.9. The van der Waals surface area contributed by atoms with Crippen LogP contribution >= 0.6 is 0 Å². The molecule has 0 fully saturated rings. The molecule has 6 nitrogen and oxygen atoms in total. The zero-order valence-corrected chi connectivity index (χ0v) is 22.1. The molecule has 0 saturated carbocycles. The van der Waals surface area contributed by atoms with Crippen molar-refractivity contribution in [1.82, 2.24) is 5.32 Å². The number of amides is 1. The number of hydrogen-bond acceptors (Lipinski definition) is 5. The number of methoxy groups -OCH3 is 2. The third kappa shape index (κ3) is 7.81. The molecule has 1 amide bonds. The van der Waals surface area contributed by atoms with E-state index < -0.39 is 11.7 Å². The molecule has 1 atom stereocenters. The fourth-order valence-electron chi connectivity index (χ4n) is 4.51. The highest BCUT2D eigenvalue weighted by Gasteiger charge is 2.37. The summed E-state index contributed by atoms with van der Waals surface area (Å²) in [4.78, 5) is 11.0. The minimum absolute atomic E-state index is 0.00666. The van der Waals surface area contributed by atoms with E-state index in [1.54, 1.807) is 14.2 Å². The first-order chi connectivity index (χ1) is 18.0. The van der Waals surface area contributed by atoms with Crippen molar-refractivity contribution in [1.29, 1.82) is 0 Å². The standard InChI is InChI=1S/C31H39NO5/c1-24(33)32-22-9-5-8-12-28(34)21-23-37-31(25-10-6-4-7-11-25,26-13-17-29(35-2)18-14-26)27-15-19-30(36-3)20-16-27/h4,6-7,10-11,13-20,28,34H,5,8-9,12,21-23H2,1-3H3,(H,32,33). The van der Waals surface area contributed by atoms with E-state index in [0.29, 0.717) is 26.0 Å². The molecule has 0 aliphatic carbocycles. The predicted octanol–water partition coefficient (Wildman–Crippen LogP) is 5.46. The van der Waals surface area contributed by atoms with Gasteiger partial charge in [-0.15, -0.1) is 0 Å². The van der Waals surface area contributed by atoms with E-state index in [2.05, 4.69) is 17.4 Å². The summed E-state index contributed by atoms with van der Waals surface area (Å²) in [6, 6.07) is 26.0. The second-order valence-electron chi connectivity index (χ2n) is 9.13. The molecule has 37 heavy (non-hydrogen) atoms. The molecule has 3 aromatic rings. The van der Waals surface area contributed by atoms with Crippen molar-refractivity contribution in [2.24, 2.45) is 0 Å². The van der Waals surface area contributed by atoms with Crippen LogP contribution in [-0.2, 0) is 15.1 Å². The molecule has 0 aromatic heterocycles. The Balaban J connectivity index is 1.81. The van der Waals surface area contributed by atoms with Crippen LogP contribution in [0.2, 0.25) is 0 Å². The number of benzene rings is 3. The maximum atomic E-state index is 11.0. The largest absolute Gasteiger partial charge is 0.497 e. The number of aliphatic hydroxyl groups excluding tert-OH is 1. The first kappa shape index (κ1) is 28.2. The van der Waals surface area contributed by atoms with Gasteiger partial charge >= 0.3 is 0 Å². The lowest BCUT2D eigenvalue weighted by molar-refractivity contribution is -0.118. The predicted molar refractivity (Wildman–Crippen MR) is 146 cm³/mol. The molecule has 3 aromatic carbocycles. The lowest BCUT2D eigenvalue weighted by Crippen LogP contribution is -2.34. The number of carbonyl (C=O) groups is 1. The fraction of sp³-hybridized carbons (Fsp3) is 0.387. The molecular weight excluding hydrogens is 466 g/mol. The Hall–Kier alpha value is -3.35. The van der Waals surface area contributed by atoms with Crippen molar-refractivity contribution >= 4 is 5.91 Å². The van der Waals surface area contributed by atoms with E-state index >= 15 is 0 Å². The van der Waals surface area contributed by atoms with E-state index in [1.165, 1.54) is 6.92 Å². The van der Waals surface area contributed by atoms with Gasteiger partial charge in [0.1, 0.15) is 17.1 Å². The zero-order valence-electron chi connectivity index (χ0n) is 22.1. The maximum Gasteiger partial charge on any atom is 0.216 e. The van der Waals surface area contributed by atoms with Crippen molar-refractivity contribution in [3.8, 4) is 11.5 Å². The van der Waals surface area contributed by atoms with Gasteiger partial charge in [-0.1, -0.05) is 67.4 Å². The van der Waals surface area contributed by atoms with Crippen LogP contribution < -0.4 is 14.8 Å². The molecule has 0 spiro atoms. The number of ether oxygens (including phenoxy) is 3. The molecule has 0 heterocycles. The monoisotopic (exact) mass is 505 g/mol. The number of hydrogen-bond donors (Lipinski definition) is 2. The Morgan fingerprint density at radius 3 is 1.84 bits per heavy atom. The van der Waals surface area contributed by atoms with Gasteiger partial charge < -0.3 is 24.6 Å². The first-order valence-electron chi connectivity index (χ1n) is 12.9. The van der Waals surface area contributed by atoms with Crippen LogP contribution in [0.4, 0.5) is 0 Å². The summed E-state index contributed by atoms with van der Waals surface area (Å²) < 4.78 is 17.6. The second-order valence-corrected chi connectivity index (χ2v) is 9.13. The summed E-state index contributed by atoms with van der Waals surface area (Å²) in [6.07, 6.45) is 3.54. The summed E-state index contributed by atoms with van der Waals surface area (Å²) >= 11 is 0. The summed E-state index contributed by atoms with van der Waals surface area (Å²) in [6.45, 7) is 2.58. The molecule has 0 radical (unpaired) electrons. The minimum Gasteiger partial charge on any atom is -0.497 e. The van der Waals surface area contributed by atoms with Crippen molar-refractivity contribution in [2.45, 2.75) is 50.7 Å². The Labute approximate surface area is 220 Å². The van der Waals surface area contributed by atoms with Gasteiger partial charge in [-0.2, -0.15) is 0 Å². The van der Waals surface area contributed by atoms with Gasteiger partial charge in [0.2, 0.25) is 5.91 Å². The smallest absolute Gasteiger partial charge is 0.216 e. The quantitative estimate of drug-likeness (QED) is 0.212. The second kappa shape index (κ2) is 14.4. The van der Waals surface area contributed by atoms with Gasteiger partial charge in [-0.05, 0) is 60.2 Å². The number of aliphatic hydroxyl groups is 1. The van der Waals surface area contributed by atoms with Crippen LogP contribution in [0.25, 0.3) is 0 Å². The number of nitrogens with one attached hydrogen (secondary N) is 1. The summed E-state index contributed by atoms with van der Waals surface area (Å²) in [5, 5.41) is 13.5. The van der Waals surface area contributed by atoms with Crippen LogP contribution in [0.3, 0.4) is 0 Å². The van der Waals surface area contributed by atoms with Gasteiger partial charge in [0, 0.05) is 13.5 Å². The summed E-state index contributed by atoms with van der Waals surface area (Å²) in [5.41, 5.74) is 2.06. The third-order valence-electron chi connectivity index (χ3n) is 6.53. The third-order valence-corrected chi connectivity index (χ3v) is 6.53. The molecule has 1 unspecified atom stereocenters. The van der Waals surface area contributed by atoms with Gasteiger partial charge in [0.25, 0.3) is 0 Å². The highest BCUT2D eigenvalue weighted by Crippen LogP contribution is 2.41. The molecule has 3 rings (SSSR count).